The van der Waals surface area contributed by atoms with Gasteiger partial charge in [-0.1, -0.05) is 0 Å². The normalized spacial score (nSPS) is 17.0. The van der Waals surface area contributed by atoms with Gasteiger partial charge < -0.3 is 9.47 Å². The average molecular weight is 382 g/mol. The number of benzene rings is 1. The summed E-state index contributed by atoms with van der Waals surface area (Å²) >= 11 is 0. The SMILES string of the molecule is N#COC1(OC#N)C(F)=C(F)C(c2cc(F)c(F)c(F)c2F)C(F)=C1F. The van der Waals surface area contributed by atoms with Crippen LogP contribution < -0.4 is 0 Å². The molecule has 0 unspecified atom stereocenters. The predicted molar refractivity (Wildman–Crippen MR) is 63.6 cm³/mol. The Balaban J connectivity index is 2.79. The number of nitrogens with zero attached hydrogens (tertiary/aromatic N) is 2. The highest BCUT2D eigenvalue weighted by atomic mass is 19.2. The van der Waals surface area contributed by atoms with Gasteiger partial charge in [0.05, 0.1) is 5.92 Å². The summed E-state index contributed by atoms with van der Waals surface area (Å²) in [5.41, 5.74) is -1.63. The summed E-state index contributed by atoms with van der Waals surface area (Å²) in [7, 11) is 0. The van der Waals surface area contributed by atoms with Crippen molar-refractivity contribution in [3.05, 3.63) is 58.2 Å². The van der Waals surface area contributed by atoms with E-state index < -0.39 is 63.8 Å². The highest BCUT2D eigenvalue weighted by molar-refractivity contribution is 5.45. The lowest BCUT2D eigenvalue weighted by Crippen LogP contribution is -2.39. The molecule has 0 saturated heterocycles. The van der Waals surface area contributed by atoms with Gasteiger partial charge in [-0.05, 0) is 6.07 Å². The van der Waals surface area contributed by atoms with Crippen LogP contribution in [0.15, 0.2) is 29.4 Å². The van der Waals surface area contributed by atoms with E-state index in [4.69, 9.17) is 10.5 Å². The molecule has 0 bridgehead atoms. The number of hydrogen-bond acceptors (Lipinski definition) is 4. The summed E-state index contributed by atoms with van der Waals surface area (Å²) in [5, 5.41) is 16.7. The maximum Gasteiger partial charge on any atom is 0.384 e. The molecule has 0 radical (unpaired) electrons. The van der Waals surface area contributed by atoms with Crippen LogP contribution in [-0.2, 0) is 9.47 Å². The van der Waals surface area contributed by atoms with Gasteiger partial charge in [-0.25, -0.2) is 26.3 Å². The number of ether oxygens (including phenoxy) is 2. The smallest absolute Gasteiger partial charge is 0.367 e. The van der Waals surface area contributed by atoms with Crippen molar-refractivity contribution >= 4 is 0 Å². The van der Waals surface area contributed by atoms with Crippen LogP contribution in [0, 0.1) is 46.3 Å². The van der Waals surface area contributed by atoms with Crippen molar-refractivity contribution in [2.75, 3.05) is 0 Å². The highest BCUT2D eigenvalue weighted by Gasteiger charge is 2.57. The van der Waals surface area contributed by atoms with Gasteiger partial charge in [0, 0.05) is 5.56 Å². The van der Waals surface area contributed by atoms with Gasteiger partial charge in [0.2, 0.25) is 11.7 Å². The standard InChI is InChI=1S/C14H2F8N2O2/c15-5-1-4(7(16)11(20)8(5)17)6-9(18)12(21)14(25-2-23,26-3-24)13(22)10(6)19/h1,6H. The van der Waals surface area contributed by atoms with E-state index in [9.17, 15) is 35.1 Å². The van der Waals surface area contributed by atoms with Crippen molar-refractivity contribution in [2.45, 2.75) is 11.7 Å². The van der Waals surface area contributed by atoms with Crippen LogP contribution in [0.1, 0.15) is 11.5 Å². The Kier molecular flexibility index (Phi) is 4.80. The Labute approximate surface area is 138 Å². The molecule has 26 heavy (non-hydrogen) atoms. The molecule has 136 valence electrons. The third-order valence-electron chi connectivity index (χ3n) is 3.32. The van der Waals surface area contributed by atoms with Crippen LogP contribution in [0.25, 0.3) is 0 Å². The average Bonchev–Trinajstić information content (AvgIpc) is 2.61. The minimum atomic E-state index is -3.90. The van der Waals surface area contributed by atoms with E-state index in [-0.39, 0.29) is 6.07 Å². The van der Waals surface area contributed by atoms with Crippen molar-refractivity contribution in [1.82, 2.24) is 0 Å². The Bertz CT molecular complexity index is 884. The van der Waals surface area contributed by atoms with Crippen LogP contribution in [-0.4, -0.2) is 5.79 Å². The summed E-state index contributed by atoms with van der Waals surface area (Å²) in [6.07, 6.45) is 1.31. The van der Waals surface area contributed by atoms with Crippen LogP contribution in [0.2, 0.25) is 0 Å². The summed E-state index contributed by atoms with van der Waals surface area (Å²) in [6.45, 7) is 0. The van der Waals surface area contributed by atoms with E-state index in [1.54, 1.807) is 0 Å². The number of hydrogen-bond donors (Lipinski definition) is 0. The third kappa shape index (κ3) is 2.50. The van der Waals surface area contributed by atoms with Gasteiger partial charge in [-0.15, -0.1) is 0 Å². The van der Waals surface area contributed by atoms with Gasteiger partial charge >= 0.3 is 5.79 Å². The molecule has 0 saturated carbocycles. The van der Waals surface area contributed by atoms with Crippen LogP contribution >= 0.6 is 0 Å². The maximum atomic E-state index is 14.2. The topological polar surface area (TPSA) is 66.0 Å². The molecule has 1 aromatic rings. The van der Waals surface area contributed by atoms with Crippen molar-refractivity contribution in [1.29, 1.82) is 10.5 Å². The molecule has 0 atom stereocenters. The molecule has 1 aliphatic rings. The lowest BCUT2D eigenvalue weighted by atomic mass is 9.88. The van der Waals surface area contributed by atoms with E-state index >= 15 is 0 Å². The van der Waals surface area contributed by atoms with Crippen molar-refractivity contribution in [2.24, 2.45) is 0 Å². The van der Waals surface area contributed by atoms with Crippen molar-refractivity contribution in [3.63, 3.8) is 0 Å². The monoisotopic (exact) mass is 382 g/mol. The van der Waals surface area contributed by atoms with Gasteiger partial charge in [-0.3, -0.25) is 0 Å². The molecule has 0 aliphatic heterocycles. The van der Waals surface area contributed by atoms with Crippen LogP contribution in [0.5, 0.6) is 0 Å². The molecule has 1 aliphatic carbocycles. The fourth-order valence-corrected chi connectivity index (χ4v) is 2.18. The first kappa shape index (κ1) is 19.1. The Morgan fingerprint density at radius 2 is 1.23 bits per heavy atom. The van der Waals surface area contributed by atoms with Crippen LogP contribution in [0.4, 0.5) is 35.1 Å². The molecule has 0 aromatic heterocycles. The van der Waals surface area contributed by atoms with E-state index in [0.717, 1.165) is 0 Å². The van der Waals surface area contributed by atoms with Crippen LogP contribution in [0.3, 0.4) is 0 Å². The second-order valence-electron chi connectivity index (χ2n) is 4.65. The third-order valence-corrected chi connectivity index (χ3v) is 3.32. The Morgan fingerprint density at radius 3 is 1.65 bits per heavy atom. The first-order chi connectivity index (χ1) is 12.1. The van der Waals surface area contributed by atoms with E-state index in [1.807, 2.05) is 0 Å². The molecule has 0 heterocycles. The number of nitriles is 2. The minimum Gasteiger partial charge on any atom is -0.367 e. The first-order valence-corrected chi connectivity index (χ1v) is 6.22. The molecule has 12 heteroatoms. The summed E-state index contributed by atoms with van der Waals surface area (Å²) < 4.78 is 118. The summed E-state index contributed by atoms with van der Waals surface area (Å²) in [4.78, 5) is 0. The quantitative estimate of drug-likeness (QED) is 0.257. The summed E-state index contributed by atoms with van der Waals surface area (Å²) in [5.74, 6) is -26.1. The maximum absolute atomic E-state index is 14.2. The lowest BCUT2D eigenvalue weighted by Gasteiger charge is -2.30. The zero-order valence-electron chi connectivity index (χ0n) is 11.9. The largest absolute Gasteiger partial charge is 0.384 e. The molecule has 2 rings (SSSR count). The molecular formula is C14H2F8N2O2. The molecule has 0 amide bonds. The molecule has 4 nitrogen and oxygen atoms in total. The Hall–Kier alpha value is -3.28. The predicted octanol–water partition coefficient (Wildman–Crippen LogP) is 4.33. The van der Waals surface area contributed by atoms with E-state index in [0.29, 0.717) is 12.5 Å². The molecule has 0 spiro atoms. The van der Waals surface area contributed by atoms with Gasteiger partial charge in [0.15, 0.2) is 34.9 Å². The van der Waals surface area contributed by atoms with Gasteiger partial charge in [0.25, 0.3) is 12.5 Å². The van der Waals surface area contributed by atoms with Gasteiger partial charge in [-0.2, -0.15) is 19.3 Å². The summed E-state index contributed by atoms with van der Waals surface area (Å²) in [6, 6.07) is -0.221. The van der Waals surface area contributed by atoms with Gasteiger partial charge in [0.1, 0.15) is 0 Å². The van der Waals surface area contributed by atoms with Crippen molar-refractivity contribution < 1.29 is 44.6 Å². The van der Waals surface area contributed by atoms with Crippen molar-refractivity contribution in [3.8, 4) is 12.5 Å². The fraction of sp³-hybridized carbons (Fsp3) is 0.143. The minimum absolute atomic E-state index is 0.221. The number of allylic oxidation sites excluding steroid dienone is 2. The second-order valence-corrected chi connectivity index (χ2v) is 4.65. The zero-order chi connectivity index (χ0) is 19.8. The zero-order valence-corrected chi connectivity index (χ0v) is 11.9. The second kappa shape index (κ2) is 6.55. The highest BCUT2D eigenvalue weighted by Crippen LogP contribution is 2.51. The first-order valence-electron chi connectivity index (χ1n) is 6.22. The Morgan fingerprint density at radius 1 is 0.769 bits per heavy atom. The van der Waals surface area contributed by atoms with E-state index in [1.165, 1.54) is 0 Å². The number of rotatable bonds is 3. The lowest BCUT2D eigenvalue weighted by molar-refractivity contribution is -0.131. The molecule has 0 N–H and O–H groups in total. The number of halogens is 8. The molecule has 0 fully saturated rings. The fourth-order valence-electron chi connectivity index (χ4n) is 2.18. The molecular weight excluding hydrogens is 380 g/mol. The van der Waals surface area contributed by atoms with E-state index in [2.05, 4.69) is 9.47 Å². The molecule has 1 aromatic carbocycles.